The van der Waals surface area contributed by atoms with Crippen molar-refractivity contribution in [1.82, 2.24) is 0 Å². The summed E-state index contributed by atoms with van der Waals surface area (Å²) >= 11 is 0. The molecule has 0 aromatic heterocycles. The SMILES string of the molecule is CC(C)C(=C(c1ccc(C(C)(C)C)cc1N)c1ccc(C(C)(C)C)cc1N)C(C)C. The van der Waals surface area contributed by atoms with Gasteiger partial charge in [-0.1, -0.05) is 99.1 Å². The highest BCUT2D eigenvalue weighted by Crippen LogP contribution is 2.41. The normalized spacial score (nSPS) is 12.5. The third-order valence-corrected chi connectivity index (χ3v) is 5.91. The van der Waals surface area contributed by atoms with Crippen molar-refractivity contribution >= 4 is 16.9 Å². The maximum atomic E-state index is 6.67. The summed E-state index contributed by atoms with van der Waals surface area (Å²) in [5, 5.41) is 0. The average molecular weight is 407 g/mol. The van der Waals surface area contributed by atoms with Crippen molar-refractivity contribution in [3.05, 3.63) is 64.2 Å². The fourth-order valence-corrected chi connectivity index (χ4v) is 4.21. The second-order valence-corrected chi connectivity index (χ2v) is 11.2. The van der Waals surface area contributed by atoms with E-state index in [4.69, 9.17) is 11.5 Å². The van der Waals surface area contributed by atoms with Crippen LogP contribution in [0.5, 0.6) is 0 Å². The van der Waals surface area contributed by atoms with Crippen molar-refractivity contribution in [3.63, 3.8) is 0 Å². The van der Waals surface area contributed by atoms with Gasteiger partial charge in [0.25, 0.3) is 0 Å². The predicted molar refractivity (Wildman–Crippen MR) is 135 cm³/mol. The Morgan fingerprint density at radius 3 is 1.20 bits per heavy atom. The minimum Gasteiger partial charge on any atom is -0.398 e. The summed E-state index contributed by atoms with van der Waals surface area (Å²) in [6.45, 7) is 22.3. The molecule has 0 saturated heterocycles. The molecular weight excluding hydrogens is 364 g/mol. The summed E-state index contributed by atoms with van der Waals surface area (Å²) in [5.41, 5.74) is 22.3. The molecule has 0 saturated carbocycles. The lowest BCUT2D eigenvalue weighted by atomic mass is 9.78. The third-order valence-electron chi connectivity index (χ3n) is 5.91. The average Bonchev–Trinajstić information content (AvgIpc) is 2.57. The molecule has 0 aliphatic rings. The first-order valence-corrected chi connectivity index (χ1v) is 11.2. The van der Waals surface area contributed by atoms with Crippen LogP contribution in [0.15, 0.2) is 42.0 Å². The second kappa shape index (κ2) is 8.49. The van der Waals surface area contributed by atoms with Crippen LogP contribution >= 0.6 is 0 Å². The van der Waals surface area contributed by atoms with E-state index < -0.39 is 0 Å². The Balaban J connectivity index is 2.84. The van der Waals surface area contributed by atoms with Crippen molar-refractivity contribution in [2.24, 2.45) is 11.8 Å². The van der Waals surface area contributed by atoms with Gasteiger partial charge in [0, 0.05) is 22.5 Å². The van der Waals surface area contributed by atoms with Gasteiger partial charge in [-0.3, -0.25) is 0 Å². The molecule has 4 N–H and O–H groups in total. The van der Waals surface area contributed by atoms with Gasteiger partial charge in [0.1, 0.15) is 0 Å². The van der Waals surface area contributed by atoms with E-state index in [2.05, 4.69) is 106 Å². The fraction of sp³-hybridized carbons (Fsp3) is 0.500. The number of benzene rings is 2. The molecule has 164 valence electrons. The molecule has 0 aliphatic heterocycles. The molecule has 2 heteroatoms. The van der Waals surface area contributed by atoms with Gasteiger partial charge in [-0.25, -0.2) is 0 Å². The monoisotopic (exact) mass is 406 g/mol. The number of anilines is 2. The predicted octanol–water partition coefficient (Wildman–Crippen LogP) is 7.56. The number of nitrogens with two attached hydrogens (primary N) is 2. The Morgan fingerprint density at radius 2 is 0.967 bits per heavy atom. The molecule has 0 amide bonds. The van der Waals surface area contributed by atoms with Crippen molar-refractivity contribution in [3.8, 4) is 0 Å². The molecule has 0 heterocycles. The van der Waals surface area contributed by atoms with Crippen molar-refractivity contribution in [2.75, 3.05) is 11.5 Å². The number of hydrogen-bond donors (Lipinski definition) is 2. The van der Waals surface area contributed by atoms with Gasteiger partial charge in [-0.2, -0.15) is 0 Å². The molecule has 0 radical (unpaired) electrons. The van der Waals surface area contributed by atoms with Gasteiger partial charge in [0.05, 0.1) is 0 Å². The molecule has 0 bridgehead atoms. The number of hydrogen-bond acceptors (Lipinski definition) is 2. The Kier molecular flexibility index (Phi) is 6.81. The molecule has 0 fully saturated rings. The van der Waals surface area contributed by atoms with E-state index in [1.807, 2.05) is 0 Å². The van der Waals surface area contributed by atoms with Crippen LogP contribution in [0.1, 0.15) is 91.5 Å². The van der Waals surface area contributed by atoms with Crippen molar-refractivity contribution in [1.29, 1.82) is 0 Å². The van der Waals surface area contributed by atoms with Crippen LogP contribution in [0.25, 0.3) is 5.57 Å². The topological polar surface area (TPSA) is 52.0 Å². The summed E-state index contributed by atoms with van der Waals surface area (Å²) in [7, 11) is 0. The van der Waals surface area contributed by atoms with E-state index in [1.165, 1.54) is 22.3 Å². The Morgan fingerprint density at radius 1 is 0.633 bits per heavy atom. The fourth-order valence-electron chi connectivity index (χ4n) is 4.21. The van der Waals surface area contributed by atoms with Gasteiger partial charge in [-0.05, 0) is 51.5 Å². The zero-order chi connectivity index (χ0) is 23.0. The molecule has 30 heavy (non-hydrogen) atoms. The summed E-state index contributed by atoms with van der Waals surface area (Å²) < 4.78 is 0. The van der Waals surface area contributed by atoms with Gasteiger partial charge in [0.2, 0.25) is 0 Å². The van der Waals surface area contributed by atoms with Crippen LogP contribution in [-0.4, -0.2) is 0 Å². The third kappa shape index (κ3) is 5.09. The lowest BCUT2D eigenvalue weighted by Crippen LogP contribution is -2.14. The van der Waals surface area contributed by atoms with Crippen LogP contribution in [0, 0.1) is 11.8 Å². The van der Waals surface area contributed by atoms with Crippen LogP contribution in [0.4, 0.5) is 11.4 Å². The Bertz CT molecular complexity index is 857. The van der Waals surface area contributed by atoms with E-state index in [-0.39, 0.29) is 10.8 Å². The van der Waals surface area contributed by atoms with E-state index in [9.17, 15) is 0 Å². The molecule has 0 atom stereocenters. The zero-order valence-electron chi connectivity index (χ0n) is 20.8. The maximum absolute atomic E-state index is 6.67. The van der Waals surface area contributed by atoms with Crippen LogP contribution < -0.4 is 11.5 Å². The van der Waals surface area contributed by atoms with E-state index >= 15 is 0 Å². The minimum atomic E-state index is 0.0584. The van der Waals surface area contributed by atoms with E-state index in [0.717, 1.165) is 22.5 Å². The summed E-state index contributed by atoms with van der Waals surface area (Å²) in [4.78, 5) is 0. The first-order chi connectivity index (χ1) is 13.6. The Hall–Kier alpha value is -2.22. The highest BCUT2D eigenvalue weighted by Gasteiger charge is 2.24. The lowest BCUT2D eigenvalue weighted by Gasteiger charge is -2.27. The molecule has 0 unspecified atom stereocenters. The Labute approximate surface area is 184 Å². The smallest absolute Gasteiger partial charge is 0.0396 e. The first-order valence-electron chi connectivity index (χ1n) is 11.2. The van der Waals surface area contributed by atoms with Crippen LogP contribution in [-0.2, 0) is 10.8 Å². The summed E-state index contributed by atoms with van der Waals surface area (Å²) in [6.07, 6.45) is 0. The number of rotatable bonds is 4. The minimum absolute atomic E-state index is 0.0584. The maximum Gasteiger partial charge on any atom is 0.0396 e. The number of nitrogen functional groups attached to an aromatic ring is 2. The molecule has 0 spiro atoms. The first kappa shape index (κ1) is 24.1. The molecular formula is C28H42N2. The van der Waals surface area contributed by atoms with Crippen molar-refractivity contribution in [2.45, 2.75) is 80.1 Å². The largest absolute Gasteiger partial charge is 0.398 e. The lowest BCUT2D eigenvalue weighted by molar-refractivity contribution is 0.590. The molecule has 2 aromatic rings. The van der Waals surface area contributed by atoms with Gasteiger partial charge >= 0.3 is 0 Å². The summed E-state index contributed by atoms with van der Waals surface area (Å²) in [6, 6.07) is 13.1. The highest BCUT2D eigenvalue weighted by molar-refractivity contribution is 5.92. The second-order valence-electron chi connectivity index (χ2n) is 11.2. The quantitative estimate of drug-likeness (QED) is 0.515. The molecule has 2 nitrogen and oxygen atoms in total. The van der Waals surface area contributed by atoms with Gasteiger partial charge < -0.3 is 11.5 Å². The zero-order valence-corrected chi connectivity index (χ0v) is 20.8. The molecule has 2 aromatic carbocycles. The van der Waals surface area contributed by atoms with Gasteiger partial charge in [-0.15, -0.1) is 0 Å². The summed E-state index contributed by atoms with van der Waals surface area (Å²) in [5.74, 6) is 0.784. The van der Waals surface area contributed by atoms with E-state index in [1.54, 1.807) is 0 Å². The van der Waals surface area contributed by atoms with Crippen LogP contribution in [0.3, 0.4) is 0 Å². The van der Waals surface area contributed by atoms with E-state index in [0.29, 0.717) is 11.8 Å². The van der Waals surface area contributed by atoms with Gasteiger partial charge in [0.15, 0.2) is 0 Å². The number of allylic oxidation sites excluding steroid dienone is 1. The standard InChI is InChI=1S/C28H42N2/c1-17(2)25(18(3)4)26(21-13-11-19(15-23(21)29)27(5,6)7)22-14-12-20(16-24(22)30)28(8,9)10/h11-18H,29-30H2,1-10H3. The molecule has 2 rings (SSSR count). The molecule has 0 aliphatic carbocycles. The highest BCUT2D eigenvalue weighted by atomic mass is 14.6. The van der Waals surface area contributed by atoms with Crippen LogP contribution in [0.2, 0.25) is 0 Å². The van der Waals surface area contributed by atoms with Crippen molar-refractivity contribution < 1.29 is 0 Å².